The summed E-state index contributed by atoms with van der Waals surface area (Å²) in [4.78, 5) is 12.6. The van der Waals surface area contributed by atoms with Gasteiger partial charge in [-0.05, 0) is 49.9 Å². The van der Waals surface area contributed by atoms with Gasteiger partial charge in [-0.2, -0.15) is 0 Å². The molecule has 4 heteroatoms. The molecule has 0 aliphatic heterocycles. The zero-order chi connectivity index (χ0) is 17.3. The van der Waals surface area contributed by atoms with Gasteiger partial charge < -0.3 is 14.8 Å². The third-order valence-electron chi connectivity index (χ3n) is 3.53. The van der Waals surface area contributed by atoms with Gasteiger partial charge in [0, 0.05) is 12.3 Å². The Morgan fingerprint density at radius 3 is 2.35 bits per heavy atom. The maximum atomic E-state index is 12.6. The predicted molar refractivity (Wildman–Crippen MR) is 95.0 cm³/mol. The van der Waals surface area contributed by atoms with Crippen LogP contribution in [0.3, 0.4) is 0 Å². The Labute approximate surface area is 140 Å². The van der Waals surface area contributed by atoms with Crippen molar-refractivity contribution in [2.24, 2.45) is 5.92 Å². The molecule has 0 aromatic heterocycles. The molecule has 0 aliphatic carbocycles. The SMILES string of the molecule is CCCOC(C)(CCC)C(=O)Nc1ccc(OCC(C)C)cc1. The van der Waals surface area contributed by atoms with E-state index >= 15 is 0 Å². The number of carbonyl (C=O) groups is 1. The summed E-state index contributed by atoms with van der Waals surface area (Å²) >= 11 is 0. The van der Waals surface area contributed by atoms with Gasteiger partial charge in [-0.3, -0.25) is 4.79 Å². The summed E-state index contributed by atoms with van der Waals surface area (Å²) in [5, 5.41) is 2.95. The molecule has 1 atom stereocenters. The fourth-order valence-corrected chi connectivity index (χ4v) is 2.22. The van der Waals surface area contributed by atoms with Crippen LogP contribution in [0.2, 0.25) is 0 Å². The number of hydrogen-bond acceptors (Lipinski definition) is 3. The highest BCUT2D eigenvalue weighted by Crippen LogP contribution is 2.22. The summed E-state index contributed by atoms with van der Waals surface area (Å²) in [6, 6.07) is 7.48. The molecule has 0 saturated carbocycles. The van der Waals surface area contributed by atoms with Crippen LogP contribution in [0, 0.1) is 5.92 Å². The molecule has 0 radical (unpaired) electrons. The van der Waals surface area contributed by atoms with Gasteiger partial charge in [-0.15, -0.1) is 0 Å². The predicted octanol–water partition coefficient (Wildman–Crippen LogP) is 4.65. The maximum Gasteiger partial charge on any atom is 0.256 e. The lowest BCUT2D eigenvalue weighted by molar-refractivity contribution is -0.140. The first kappa shape index (κ1) is 19.5. The van der Waals surface area contributed by atoms with E-state index in [0.29, 0.717) is 25.6 Å². The minimum Gasteiger partial charge on any atom is -0.493 e. The Balaban J connectivity index is 2.67. The normalized spacial score (nSPS) is 13.7. The van der Waals surface area contributed by atoms with E-state index in [1.54, 1.807) is 0 Å². The van der Waals surface area contributed by atoms with Crippen molar-refractivity contribution in [1.82, 2.24) is 0 Å². The van der Waals surface area contributed by atoms with Gasteiger partial charge in [-0.25, -0.2) is 0 Å². The smallest absolute Gasteiger partial charge is 0.256 e. The maximum absolute atomic E-state index is 12.6. The number of ether oxygens (including phenoxy) is 2. The van der Waals surface area contributed by atoms with Gasteiger partial charge in [0.2, 0.25) is 0 Å². The van der Waals surface area contributed by atoms with Crippen LogP contribution in [0.15, 0.2) is 24.3 Å². The molecule has 0 saturated heterocycles. The Morgan fingerprint density at radius 1 is 1.17 bits per heavy atom. The van der Waals surface area contributed by atoms with Crippen molar-refractivity contribution in [1.29, 1.82) is 0 Å². The summed E-state index contributed by atoms with van der Waals surface area (Å²) in [6.45, 7) is 11.5. The van der Waals surface area contributed by atoms with E-state index in [1.807, 2.05) is 38.1 Å². The van der Waals surface area contributed by atoms with E-state index in [4.69, 9.17) is 9.47 Å². The van der Waals surface area contributed by atoms with Gasteiger partial charge >= 0.3 is 0 Å². The van der Waals surface area contributed by atoms with E-state index < -0.39 is 5.60 Å². The number of nitrogens with one attached hydrogen (secondary N) is 1. The quantitative estimate of drug-likeness (QED) is 0.682. The lowest BCUT2D eigenvalue weighted by atomic mass is 9.99. The molecule has 23 heavy (non-hydrogen) atoms. The van der Waals surface area contributed by atoms with E-state index in [9.17, 15) is 4.79 Å². The molecule has 0 spiro atoms. The first-order valence-corrected chi connectivity index (χ1v) is 8.59. The van der Waals surface area contributed by atoms with Crippen molar-refractivity contribution in [3.05, 3.63) is 24.3 Å². The van der Waals surface area contributed by atoms with Crippen LogP contribution in [0.1, 0.15) is 53.9 Å². The summed E-state index contributed by atoms with van der Waals surface area (Å²) in [6.07, 6.45) is 2.50. The lowest BCUT2D eigenvalue weighted by Gasteiger charge is -2.28. The van der Waals surface area contributed by atoms with Crippen LogP contribution in [0.25, 0.3) is 0 Å². The first-order chi connectivity index (χ1) is 10.9. The first-order valence-electron chi connectivity index (χ1n) is 8.59. The average molecular weight is 321 g/mol. The monoisotopic (exact) mass is 321 g/mol. The number of rotatable bonds is 10. The third kappa shape index (κ3) is 6.61. The van der Waals surface area contributed by atoms with Crippen molar-refractivity contribution in [3.63, 3.8) is 0 Å². The molecule has 1 aromatic carbocycles. The second-order valence-electron chi connectivity index (χ2n) is 6.51. The van der Waals surface area contributed by atoms with Crippen molar-refractivity contribution < 1.29 is 14.3 Å². The molecule has 1 unspecified atom stereocenters. The van der Waals surface area contributed by atoms with Crippen molar-refractivity contribution >= 4 is 11.6 Å². The Hall–Kier alpha value is -1.55. The van der Waals surface area contributed by atoms with Crippen LogP contribution < -0.4 is 10.1 Å². The Bertz CT molecular complexity index is 470. The van der Waals surface area contributed by atoms with Crippen molar-refractivity contribution in [2.75, 3.05) is 18.5 Å². The zero-order valence-electron chi connectivity index (χ0n) is 15.1. The molecule has 4 nitrogen and oxygen atoms in total. The second kappa shape index (κ2) is 9.56. The standard InChI is InChI=1S/C19H31NO3/c1-6-12-19(5,23-13-7-2)18(21)20-16-8-10-17(11-9-16)22-14-15(3)4/h8-11,15H,6-7,12-14H2,1-5H3,(H,20,21). The van der Waals surface area contributed by atoms with Gasteiger partial charge in [0.25, 0.3) is 5.91 Å². The van der Waals surface area contributed by atoms with Gasteiger partial charge in [-0.1, -0.05) is 34.1 Å². The largest absolute Gasteiger partial charge is 0.493 e. The highest BCUT2D eigenvalue weighted by Gasteiger charge is 2.33. The molecule has 1 amide bonds. The van der Waals surface area contributed by atoms with Crippen LogP contribution in [0.4, 0.5) is 5.69 Å². The van der Waals surface area contributed by atoms with E-state index in [2.05, 4.69) is 26.1 Å². The van der Waals surface area contributed by atoms with E-state index in [1.165, 1.54) is 0 Å². The van der Waals surface area contributed by atoms with Gasteiger partial charge in [0.15, 0.2) is 0 Å². The molecule has 1 aromatic rings. The Morgan fingerprint density at radius 2 is 1.83 bits per heavy atom. The van der Waals surface area contributed by atoms with E-state index in [0.717, 1.165) is 24.3 Å². The number of amides is 1. The summed E-state index contributed by atoms with van der Waals surface area (Å²) in [5.41, 5.74) is -0.0216. The summed E-state index contributed by atoms with van der Waals surface area (Å²) in [7, 11) is 0. The highest BCUT2D eigenvalue weighted by molar-refractivity contribution is 5.97. The zero-order valence-corrected chi connectivity index (χ0v) is 15.1. The van der Waals surface area contributed by atoms with Crippen molar-refractivity contribution in [2.45, 2.75) is 59.5 Å². The van der Waals surface area contributed by atoms with Crippen LogP contribution in [0.5, 0.6) is 5.75 Å². The van der Waals surface area contributed by atoms with Gasteiger partial charge in [0.05, 0.1) is 6.61 Å². The van der Waals surface area contributed by atoms with Crippen LogP contribution >= 0.6 is 0 Å². The fourth-order valence-electron chi connectivity index (χ4n) is 2.22. The number of anilines is 1. The summed E-state index contributed by atoms with van der Waals surface area (Å²) < 4.78 is 11.5. The number of benzene rings is 1. The lowest BCUT2D eigenvalue weighted by Crippen LogP contribution is -2.43. The fraction of sp³-hybridized carbons (Fsp3) is 0.632. The highest BCUT2D eigenvalue weighted by atomic mass is 16.5. The minimum atomic E-state index is -0.780. The number of carbonyl (C=O) groups excluding carboxylic acids is 1. The average Bonchev–Trinajstić information content (AvgIpc) is 2.52. The van der Waals surface area contributed by atoms with Crippen molar-refractivity contribution in [3.8, 4) is 5.75 Å². The van der Waals surface area contributed by atoms with Gasteiger partial charge in [0.1, 0.15) is 11.4 Å². The van der Waals surface area contributed by atoms with Crippen LogP contribution in [-0.4, -0.2) is 24.7 Å². The molecular formula is C19H31NO3. The molecule has 1 rings (SSSR count). The minimum absolute atomic E-state index is 0.0938. The molecule has 0 heterocycles. The van der Waals surface area contributed by atoms with Crippen LogP contribution in [-0.2, 0) is 9.53 Å². The molecule has 130 valence electrons. The number of hydrogen-bond donors (Lipinski definition) is 1. The molecule has 0 fully saturated rings. The van der Waals surface area contributed by atoms with E-state index in [-0.39, 0.29) is 5.91 Å². The topological polar surface area (TPSA) is 47.6 Å². The third-order valence-corrected chi connectivity index (χ3v) is 3.53. The molecular weight excluding hydrogens is 290 g/mol. The molecule has 0 aliphatic rings. The Kier molecular flexibility index (Phi) is 8.10. The second-order valence-corrected chi connectivity index (χ2v) is 6.51. The molecule has 0 bridgehead atoms. The summed E-state index contributed by atoms with van der Waals surface area (Å²) in [5.74, 6) is 1.21. The molecule has 1 N–H and O–H groups in total.